The summed E-state index contributed by atoms with van der Waals surface area (Å²) in [7, 11) is 0. The Bertz CT molecular complexity index is 437. The van der Waals surface area contributed by atoms with E-state index in [1.165, 1.54) is 0 Å². The molecule has 5 heteroatoms. The monoisotopic (exact) mass is 270 g/mol. The van der Waals surface area contributed by atoms with Crippen LogP contribution < -0.4 is 5.73 Å². The van der Waals surface area contributed by atoms with Gasteiger partial charge in [-0.05, 0) is 31.9 Å². The minimum Gasteiger partial charge on any atom is -0.507 e. The lowest BCUT2D eigenvalue weighted by Crippen LogP contribution is -2.45. The molecular formula is C13H19ClN2O2. The highest BCUT2D eigenvalue weighted by Crippen LogP contribution is 2.21. The van der Waals surface area contributed by atoms with Gasteiger partial charge in [-0.15, -0.1) is 12.4 Å². The first kappa shape index (κ1) is 14.8. The molecule has 0 bridgehead atoms. The fraction of sp³-hybridized carbons (Fsp3) is 0.462. The minimum absolute atomic E-state index is 0. The molecule has 0 spiro atoms. The Morgan fingerprint density at radius 1 is 1.50 bits per heavy atom. The molecule has 1 atom stereocenters. The number of amides is 1. The first-order valence-electron chi connectivity index (χ1n) is 5.92. The number of hydrogen-bond donors (Lipinski definition) is 2. The number of carbonyl (C=O) groups is 1. The summed E-state index contributed by atoms with van der Waals surface area (Å²) in [4.78, 5) is 14.0. The summed E-state index contributed by atoms with van der Waals surface area (Å²) in [5.41, 5.74) is 7.19. The van der Waals surface area contributed by atoms with Crippen molar-refractivity contribution in [2.24, 2.45) is 5.73 Å². The van der Waals surface area contributed by atoms with Gasteiger partial charge in [0.25, 0.3) is 5.91 Å². The second kappa shape index (κ2) is 6.07. The number of nitrogens with zero attached hydrogens (tertiary/aromatic N) is 1. The maximum absolute atomic E-state index is 12.2. The van der Waals surface area contributed by atoms with E-state index in [-0.39, 0.29) is 30.1 Å². The van der Waals surface area contributed by atoms with Crippen LogP contribution in [0.5, 0.6) is 5.75 Å². The Labute approximate surface area is 113 Å². The third-order valence-electron chi connectivity index (χ3n) is 3.13. The second-order valence-corrected chi connectivity index (χ2v) is 4.67. The van der Waals surface area contributed by atoms with Gasteiger partial charge in [-0.1, -0.05) is 11.6 Å². The SMILES string of the molecule is Cc1ccc(O)c(C(=O)N2CCC[C@@H](N)C2)c1.Cl. The Kier molecular flexibility index (Phi) is 4.99. The lowest BCUT2D eigenvalue weighted by molar-refractivity contribution is 0.0705. The van der Waals surface area contributed by atoms with Gasteiger partial charge < -0.3 is 15.7 Å². The topological polar surface area (TPSA) is 66.6 Å². The third kappa shape index (κ3) is 3.15. The molecular weight excluding hydrogens is 252 g/mol. The molecule has 1 aromatic rings. The van der Waals surface area contributed by atoms with Gasteiger partial charge in [0.2, 0.25) is 0 Å². The van der Waals surface area contributed by atoms with E-state index in [1.54, 1.807) is 23.1 Å². The molecule has 2 rings (SSSR count). The van der Waals surface area contributed by atoms with E-state index in [9.17, 15) is 9.90 Å². The molecule has 1 saturated heterocycles. The first-order valence-corrected chi connectivity index (χ1v) is 5.92. The number of aryl methyl sites for hydroxylation is 1. The van der Waals surface area contributed by atoms with Crippen molar-refractivity contribution in [2.45, 2.75) is 25.8 Å². The molecule has 3 N–H and O–H groups in total. The van der Waals surface area contributed by atoms with Gasteiger partial charge in [-0.2, -0.15) is 0 Å². The van der Waals surface area contributed by atoms with Crippen molar-refractivity contribution in [3.63, 3.8) is 0 Å². The quantitative estimate of drug-likeness (QED) is 0.816. The number of nitrogens with two attached hydrogens (primary N) is 1. The third-order valence-corrected chi connectivity index (χ3v) is 3.13. The molecule has 1 fully saturated rings. The number of aromatic hydroxyl groups is 1. The molecule has 1 aromatic carbocycles. The highest BCUT2D eigenvalue weighted by atomic mass is 35.5. The highest BCUT2D eigenvalue weighted by molar-refractivity contribution is 5.97. The van der Waals surface area contributed by atoms with E-state index in [2.05, 4.69) is 0 Å². The summed E-state index contributed by atoms with van der Waals surface area (Å²) in [5, 5.41) is 9.72. The van der Waals surface area contributed by atoms with E-state index in [0.717, 1.165) is 24.9 Å². The molecule has 1 aliphatic rings. The van der Waals surface area contributed by atoms with E-state index in [1.807, 2.05) is 6.92 Å². The molecule has 18 heavy (non-hydrogen) atoms. The van der Waals surface area contributed by atoms with Crippen molar-refractivity contribution in [3.05, 3.63) is 29.3 Å². The lowest BCUT2D eigenvalue weighted by atomic mass is 10.0. The summed E-state index contributed by atoms with van der Waals surface area (Å²) < 4.78 is 0. The van der Waals surface area contributed by atoms with Gasteiger partial charge in [0.15, 0.2) is 0 Å². The van der Waals surface area contributed by atoms with Gasteiger partial charge in [0.05, 0.1) is 5.56 Å². The largest absolute Gasteiger partial charge is 0.507 e. The van der Waals surface area contributed by atoms with Crippen molar-refractivity contribution in [3.8, 4) is 5.75 Å². The minimum atomic E-state index is -0.124. The average molecular weight is 271 g/mol. The zero-order chi connectivity index (χ0) is 12.4. The summed E-state index contributed by atoms with van der Waals surface area (Å²) in [6.45, 7) is 3.20. The van der Waals surface area contributed by atoms with Crippen molar-refractivity contribution in [1.29, 1.82) is 0 Å². The number of piperidine rings is 1. The van der Waals surface area contributed by atoms with Crippen LogP contribution >= 0.6 is 12.4 Å². The van der Waals surface area contributed by atoms with E-state index < -0.39 is 0 Å². The number of rotatable bonds is 1. The van der Waals surface area contributed by atoms with Crippen LogP contribution in [0.3, 0.4) is 0 Å². The highest BCUT2D eigenvalue weighted by Gasteiger charge is 2.24. The fourth-order valence-electron chi connectivity index (χ4n) is 2.19. The fourth-order valence-corrected chi connectivity index (χ4v) is 2.19. The maximum Gasteiger partial charge on any atom is 0.257 e. The van der Waals surface area contributed by atoms with Crippen LogP contribution in [0.15, 0.2) is 18.2 Å². The van der Waals surface area contributed by atoms with Crippen LogP contribution in [-0.2, 0) is 0 Å². The van der Waals surface area contributed by atoms with E-state index in [4.69, 9.17) is 5.73 Å². The molecule has 1 amide bonds. The van der Waals surface area contributed by atoms with Gasteiger partial charge in [0, 0.05) is 19.1 Å². The zero-order valence-electron chi connectivity index (χ0n) is 10.4. The maximum atomic E-state index is 12.2. The van der Waals surface area contributed by atoms with Crippen LogP contribution in [0.1, 0.15) is 28.8 Å². The van der Waals surface area contributed by atoms with Gasteiger partial charge in [0.1, 0.15) is 5.75 Å². The van der Waals surface area contributed by atoms with Crippen LogP contribution in [0.4, 0.5) is 0 Å². The number of benzene rings is 1. The van der Waals surface area contributed by atoms with E-state index >= 15 is 0 Å². The van der Waals surface area contributed by atoms with Gasteiger partial charge in [-0.3, -0.25) is 4.79 Å². The molecule has 0 aliphatic carbocycles. The van der Waals surface area contributed by atoms with Crippen molar-refractivity contribution < 1.29 is 9.90 Å². The number of carbonyl (C=O) groups excluding carboxylic acids is 1. The normalized spacial score (nSPS) is 19.2. The van der Waals surface area contributed by atoms with Crippen molar-refractivity contribution >= 4 is 18.3 Å². The summed E-state index contributed by atoms with van der Waals surface area (Å²) in [6.07, 6.45) is 1.89. The molecule has 1 heterocycles. The smallest absolute Gasteiger partial charge is 0.257 e. The molecule has 100 valence electrons. The average Bonchev–Trinajstić information content (AvgIpc) is 2.31. The molecule has 0 unspecified atom stereocenters. The molecule has 0 saturated carbocycles. The Balaban J connectivity index is 0.00000162. The van der Waals surface area contributed by atoms with Crippen molar-refractivity contribution in [1.82, 2.24) is 4.90 Å². The molecule has 0 radical (unpaired) electrons. The number of phenols is 1. The standard InChI is InChI=1S/C13H18N2O2.ClH/c1-9-4-5-12(16)11(7-9)13(17)15-6-2-3-10(14)8-15;/h4-5,7,10,16H,2-3,6,8,14H2,1H3;1H/t10-;/m1./s1. The number of likely N-dealkylation sites (tertiary alicyclic amines) is 1. The Morgan fingerprint density at radius 2 is 2.22 bits per heavy atom. The Morgan fingerprint density at radius 3 is 2.89 bits per heavy atom. The van der Waals surface area contributed by atoms with Crippen LogP contribution in [0.25, 0.3) is 0 Å². The predicted octanol–water partition coefficient (Wildman–Crippen LogP) is 1.69. The molecule has 0 aromatic heterocycles. The zero-order valence-corrected chi connectivity index (χ0v) is 11.2. The number of hydrogen-bond acceptors (Lipinski definition) is 3. The molecule has 1 aliphatic heterocycles. The lowest BCUT2D eigenvalue weighted by Gasteiger charge is -2.31. The summed E-state index contributed by atoms with van der Waals surface area (Å²) in [5.74, 6) is -0.0823. The summed E-state index contributed by atoms with van der Waals surface area (Å²) in [6, 6.07) is 5.12. The van der Waals surface area contributed by atoms with Crippen LogP contribution in [0.2, 0.25) is 0 Å². The van der Waals surface area contributed by atoms with Gasteiger partial charge in [-0.25, -0.2) is 0 Å². The number of phenolic OH excluding ortho intramolecular Hbond substituents is 1. The number of halogens is 1. The first-order chi connectivity index (χ1) is 8.08. The van der Waals surface area contributed by atoms with Crippen LogP contribution in [-0.4, -0.2) is 35.0 Å². The van der Waals surface area contributed by atoms with Gasteiger partial charge >= 0.3 is 0 Å². The van der Waals surface area contributed by atoms with E-state index in [0.29, 0.717) is 12.1 Å². The van der Waals surface area contributed by atoms with Crippen LogP contribution in [0, 0.1) is 6.92 Å². The second-order valence-electron chi connectivity index (χ2n) is 4.67. The Hall–Kier alpha value is -1.26. The predicted molar refractivity (Wildman–Crippen MR) is 73.2 cm³/mol. The van der Waals surface area contributed by atoms with Crippen molar-refractivity contribution in [2.75, 3.05) is 13.1 Å². The summed E-state index contributed by atoms with van der Waals surface area (Å²) >= 11 is 0. The molecule has 4 nitrogen and oxygen atoms in total.